The first kappa shape index (κ1) is 17.5. The van der Waals surface area contributed by atoms with Crippen molar-refractivity contribution >= 4 is 15.8 Å². The van der Waals surface area contributed by atoms with Gasteiger partial charge in [-0.2, -0.15) is 0 Å². The van der Waals surface area contributed by atoms with Crippen LogP contribution in [0.4, 0.5) is 0 Å². The number of aliphatic imine (C=N–C) groups is 1. The lowest BCUT2D eigenvalue weighted by atomic mass is 10.2. The largest absolute Gasteiger partial charge is 0.355 e. The zero-order valence-electron chi connectivity index (χ0n) is 14.3. The van der Waals surface area contributed by atoms with Crippen LogP contribution in [0.1, 0.15) is 33.6 Å². The Morgan fingerprint density at radius 2 is 2.09 bits per heavy atom. The van der Waals surface area contributed by atoms with Crippen LogP contribution in [-0.4, -0.2) is 80.5 Å². The molecule has 0 aromatic heterocycles. The number of likely N-dealkylation sites (tertiary alicyclic amines) is 1. The lowest BCUT2D eigenvalue weighted by Crippen LogP contribution is -2.58. The molecule has 0 spiro atoms. The van der Waals surface area contributed by atoms with Crippen molar-refractivity contribution in [3.63, 3.8) is 0 Å². The van der Waals surface area contributed by atoms with E-state index in [4.69, 9.17) is 0 Å². The lowest BCUT2D eigenvalue weighted by molar-refractivity contribution is 0.263. The Kier molecular flexibility index (Phi) is 5.37. The average molecular weight is 330 g/mol. The Hall–Kier alpha value is -0.820. The zero-order valence-corrected chi connectivity index (χ0v) is 15.1. The van der Waals surface area contributed by atoms with Crippen molar-refractivity contribution in [1.82, 2.24) is 15.1 Å². The molecule has 2 heterocycles. The fourth-order valence-corrected chi connectivity index (χ4v) is 4.77. The van der Waals surface area contributed by atoms with E-state index in [0.717, 1.165) is 19.0 Å². The van der Waals surface area contributed by atoms with Crippen molar-refractivity contribution in [2.75, 3.05) is 45.5 Å². The summed E-state index contributed by atoms with van der Waals surface area (Å²) in [6.07, 6.45) is 2.48. The number of guanidine groups is 1. The van der Waals surface area contributed by atoms with Gasteiger partial charge in [0.05, 0.1) is 10.5 Å². The first-order chi connectivity index (χ1) is 10.3. The highest BCUT2D eigenvalue weighted by Crippen LogP contribution is 2.23. The number of rotatable bonds is 3. The molecule has 0 bridgehead atoms. The quantitative estimate of drug-likeness (QED) is 0.605. The van der Waals surface area contributed by atoms with E-state index in [1.54, 1.807) is 20.9 Å². The van der Waals surface area contributed by atoms with Gasteiger partial charge in [0.15, 0.2) is 15.8 Å². The highest BCUT2D eigenvalue weighted by molar-refractivity contribution is 7.92. The van der Waals surface area contributed by atoms with Crippen LogP contribution < -0.4 is 5.32 Å². The summed E-state index contributed by atoms with van der Waals surface area (Å²) in [5.74, 6) is 1.02. The third kappa shape index (κ3) is 3.56. The maximum Gasteiger partial charge on any atom is 0.193 e. The van der Waals surface area contributed by atoms with Gasteiger partial charge < -0.3 is 10.2 Å². The number of nitrogens with one attached hydrogen (secondary N) is 1. The fourth-order valence-electron chi connectivity index (χ4n) is 3.41. The molecule has 2 fully saturated rings. The molecule has 7 heteroatoms. The molecule has 0 aromatic carbocycles. The molecule has 0 radical (unpaired) electrons. The maximum atomic E-state index is 12.1. The van der Waals surface area contributed by atoms with Crippen LogP contribution >= 0.6 is 0 Å². The minimum atomic E-state index is -3.01. The van der Waals surface area contributed by atoms with E-state index < -0.39 is 14.6 Å². The first-order valence-electron chi connectivity index (χ1n) is 8.22. The van der Waals surface area contributed by atoms with Crippen LogP contribution in [0.5, 0.6) is 0 Å². The van der Waals surface area contributed by atoms with Gasteiger partial charge in [0.1, 0.15) is 0 Å². The van der Waals surface area contributed by atoms with Crippen LogP contribution in [0.3, 0.4) is 0 Å². The predicted molar refractivity (Wildman–Crippen MR) is 91.1 cm³/mol. The van der Waals surface area contributed by atoms with Gasteiger partial charge in [0, 0.05) is 32.7 Å². The van der Waals surface area contributed by atoms with Crippen molar-refractivity contribution in [3.05, 3.63) is 0 Å². The molecule has 2 saturated heterocycles. The smallest absolute Gasteiger partial charge is 0.193 e. The van der Waals surface area contributed by atoms with E-state index in [-0.39, 0.29) is 5.75 Å². The number of hydrogen-bond acceptors (Lipinski definition) is 4. The van der Waals surface area contributed by atoms with Gasteiger partial charge in [-0.3, -0.25) is 9.89 Å². The van der Waals surface area contributed by atoms with Gasteiger partial charge in [0.25, 0.3) is 0 Å². The van der Waals surface area contributed by atoms with Gasteiger partial charge in [-0.15, -0.1) is 0 Å². The van der Waals surface area contributed by atoms with E-state index >= 15 is 0 Å². The SMILES string of the molecule is CCN1CCCC1CNC(=NC)N1CCS(=O)(=O)C(C)(C)C1. The average Bonchev–Trinajstić information content (AvgIpc) is 2.91. The summed E-state index contributed by atoms with van der Waals surface area (Å²) in [6, 6.07) is 0.559. The molecule has 0 aliphatic carbocycles. The molecule has 22 heavy (non-hydrogen) atoms. The second-order valence-corrected chi connectivity index (χ2v) is 9.60. The summed E-state index contributed by atoms with van der Waals surface area (Å²) in [4.78, 5) is 8.92. The summed E-state index contributed by atoms with van der Waals surface area (Å²) in [7, 11) is -1.24. The van der Waals surface area contributed by atoms with Crippen molar-refractivity contribution in [2.45, 2.75) is 44.4 Å². The van der Waals surface area contributed by atoms with E-state index in [0.29, 0.717) is 19.1 Å². The fraction of sp³-hybridized carbons (Fsp3) is 0.933. The zero-order chi connectivity index (χ0) is 16.4. The Labute approximate surface area is 134 Å². The van der Waals surface area contributed by atoms with Crippen LogP contribution in [0.25, 0.3) is 0 Å². The Morgan fingerprint density at radius 1 is 1.36 bits per heavy atom. The van der Waals surface area contributed by atoms with Crippen LogP contribution in [0.15, 0.2) is 4.99 Å². The Balaban J connectivity index is 1.95. The minimum Gasteiger partial charge on any atom is -0.355 e. The molecule has 0 saturated carbocycles. The molecule has 1 unspecified atom stereocenters. The summed E-state index contributed by atoms with van der Waals surface area (Å²) >= 11 is 0. The molecule has 1 atom stereocenters. The monoisotopic (exact) mass is 330 g/mol. The molecule has 2 aliphatic heterocycles. The second kappa shape index (κ2) is 6.74. The van der Waals surface area contributed by atoms with Crippen LogP contribution in [0, 0.1) is 0 Å². The minimum absolute atomic E-state index is 0.200. The predicted octanol–water partition coefficient (Wildman–Crippen LogP) is 0.555. The van der Waals surface area contributed by atoms with Crippen molar-refractivity contribution in [3.8, 4) is 0 Å². The van der Waals surface area contributed by atoms with Crippen molar-refractivity contribution in [1.29, 1.82) is 0 Å². The molecular formula is C15H30N4O2S. The molecule has 6 nitrogen and oxygen atoms in total. The lowest BCUT2D eigenvalue weighted by Gasteiger charge is -2.39. The molecule has 0 amide bonds. The summed E-state index contributed by atoms with van der Waals surface area (Å²) in [5.41, 5.74) is 0. The van der Waals surface area contributed by atoms with E-state index in [1.807, 2.05) is 0 Å². The van der Waals surface area contributed by atoms with Crippen molar-refractivity contribution < 1.29 is 8.42 Å². The maximum absolute atomic E-state index is 12.1. The Bertz CT molecular complexity index is 516. The van der Waals surface area contributed by atoms with Gasteiger partial charge in [-0.05, 0) is 39.8 Å². The molecular weight excluding hydrogens is 300 g/mol. The molecule has 2 aliphatic rings. The topological polar surface area (TPSA) is 65.0 Å². The van der Waals surface area contributed by atoms with Crippen molar-refractivity contribution in [2.24, 2.45) is 4.99 Å². The molecule has 0 aromatic rings. The van der Waals surface area contributed by atoms with E-state index in [1.165, 1.54) is 19.4 Å². The number of hydrogen-bond donors (Lipinski definition) is 1. The summed E-state index contributed by atoms with van der Waals surface area (Å²) in [5, 5.41) is 3.45. The Morgan fingerprint density at radius 3 is 2.68 bits per heavy atom. The van der Waals surface area contributed by atoms with Crippen LogP contribution in [-0.2, 0) is 9.84 Å². The number of nitrogens with zero attached hydrogens (tertiary/aromatic N) is 3. The van der Waals surface area contributed by atoms with E-state index in [9.17, 15) is 8.42 Å². The highest BCUT2D eigenvalue weighted by atomic mass is 32.2. The highest BCUT2D eigenvalue weighted by Gasteiger charge is 2.41. The molecule has 128 valence electrons. The van der Waals surface area contributed by atoms with Crippen LogP contribution in [0.2, 0.25) is 0 Å². The number of sulfone groups is 1. The first-order valence-corrected chi connectivity index (χ1v) is 9.88. The van der Waals surface area contributed by atoms with Gasteiger partial charge in [-0.25, -0.2) is 8.42 Å². The van der Waals surface area contributed by atoms with Gasteiger partial charge >= 0.3 is 0 Å². The van der Waals surface area contributed by atoms with Gasteiger partial charge in [-0.1, -0.05) is 6.92 Å². The van der Waals surface area contributed by atoms with Gasteiger partial charge in [0.2, 0.25) is 0 Å². The standard InChI is InChI=1S/C15H30N4O2S/c1-5-18-8-6-7-13(18)11-17-14(16-4)19-9-10-22(20,21)15(2,3)12-19/h13H,5-12H2,1-4H3,(H,16,17). The normalized spacial score (nSPS) is 28.8. The summed E-state index contributed by atoms with van der Waals surface area (Å²) < 4.78 is 23.5. The second-order valence-electron chi connectivity index (χ2n) is 6.85. The van der Waals surface area contributed by atoms with E-state index in [2.05, 4.69) is 27.0 Å². The summed E-state index contributed by atoms with van der Waals surface area (Å²) in [6.45, 7) is 9.96. The third-order valence-corrected chi connectivity index (χ3v) is 7.49. The molecule has 2 rings (SSSR count). The number of likely N-dealkylation sites (N-methyl/N-ethyl adjacent to an activating group) is 1. The molecule has 1 N–H and O–H groups in total. The third-order valence-electron chi connectivity index (χ3n) is 4.96.